The molecule has 2 rings (SSSR count). The number of thioether (sulfide) groups is 1. The molecule has 0 saturated heterocycles. The van der Waals surface area contributed by atoms with E-state index >= 15 is 0 Å². The first-order valence-electron chi connectivity index (χ1n) is 7.60. The van der Waals surface area contributed by atoms with Crippen LogP contribution in [0.2, 0.25) is 10.0 Å². The van der Waals surface area contributed by atoms with Crippen molar-refractivity contribution in [1.82, 2.24) is 0 Å². The van der Waals surface area contributed by atoms with Crippen molar-refractivity contribution in [1.29, 1.82) is 0 Å². The van der Waals surface area contributed by atoms with Crippen LogP contribution in [0.1, 0.15) is 19.4 Å². The van der Waals surface area contributed by atoms with Gasteiger partial charge in [-0.3, -0.25) is 4.79 Å². The highest BCUT2D eigenvalue weighted by molar-refractivity contribution is 7.99. The zero-order valence-electron chi connectivity index (χ0n) is 13.5. The number of carbonyl (C=O) groups excluding carboxylic acids is 1. The van der Waals surface area contributed by atoms with Crippen molar-refractivity contribution in [3.05, 3.63) is 58.1 Å². The second-order valence-electron chi connectivity index (χ2n) is 5.08. The number of hydrogen-bond donors (Lipinski definition) is 1. The molecule has 0 aliphatic heterocycles. The van der Waals surface area contributed by atoms with Crippen molar-refractivity contribution < 1.29 is 9.53 Å². The molecule has 128 valence electrons. The summed E-state index contributed by atoms with van der Waals surface area (Å²) in [4.78, 5) is 12.4. The zero-order chi connectivity index (χ0) is 17.5. The molecule has 0 spiro atoms. The molecule has 2 aromatic carbocycles. The maximum atomic E-state index is 12.4. The van der Waals surface area contributed by atoms with Gasteiger partial charge in [-0.25, -0.2) is 0 Å². The fourth-order valence-electron chi connectivity index (χ4n) is 2.05. The third kappa shape index (κ3) is 5.07. The van der Waals surface area contributed by atoms with Crippen LogP contribution in [0.4, 0.5) is 5.69 Å². The lowest BCUT2D eigenvalue weighted by atomic mass is 10.2. The first-order chi connectivity index (χ1) is 11.5. The van der Waals surface area contributed by atoms with Crippen molar-refractivity contribution in [3.63, 3.8) is 0 Å². The Kier molecular flexibility index (Phi) is 7.28. The van der Waals surface area contributed by atoms with Crippen LogP contribution < -0.4 is 10.1 Å². The van der Waals surface area contributed by atoms with E-state index in [1.54, 1.807) is 18.2 Å². The molecule has 0 aromatic heterocycles. The lowest BCUT2D eigenvalue weighted by Gasteiger charge is -2.15. The van der Waals surface area contributed by atoms with E-state index in [1.807, 2.05) is 38.1 Å². The Hall–Kier alpha value is -1.36. The molecule has 0 aliphatic carbocycles. The van der Waals surface area contributed by atoms with Gasteiger partial charge in [0.15, 0.2) is 0 Å². The van der Waals surface area contributed by atoms with Crippen LogP contribution >= 0.6 is 35.0 Å². The zero-order valence-corrected chi connectivity index (χ0v) is 15.8. The van der Waals surface area contributed by atoms with E-state index < -0.39 is 0 Å². The maximum Gasteiger partial charge on any atom is 0.237 e. The van der Waals surface area contributed by atoms with Crippen LogP contribution in [0.15, 0.2) is 42.5 Å². The smallest absolute Gasteiger partial charge is 0.237 e. The van der Waals surface area contributed by atoms with Crippen LogP contribution in [-0.4, -0.2) is 17.8 Å². The Morgan fingerprint density at radius 3 is 2.50 bits per heavy atom. The number of nitrogens with one attached hydrogen (secondary N) is 1. The van der Waals surface area contributed by atoms with Crippen molar-refractivity contribution in [2.75, 3.05) is 11.9 Å². The summed E-state index contributed by atoms with van der Waals surface area (Å²) in [5.74, 6) is 1.40. The fraction of sp³-hybridized carbons (Fsp3) is 0.278. The fourth-order valence-corrected chi connectivity index (χ4v) is 3.42. The summed E-state index contributed by atoms with van der Waals surface area (Å²) in [6, 6.07) is 13.0. The number of rotatable bonds is 7. The summed E-state index contributed by atoms with van der Waals surface area (Å²) in [6.45, 7) is 4.42. The van der Waals surface area contributed by atoms with Crippen molar-refractivity contribution >= 4 is 46.6 Å². The largest absolute Gasteiger partial charge is 0.494 e. The number of hydrogen-bond acceptors (Lipinski definition) is 3. The van der Waals surface area contributed by atoms with E-state index in [9.17, 15) is 4.79 Å². The van der Waals surface area contributed by atoms with Gasteiger partial charge < -0.3 is 10.1 Å². The van der Waals surface area contributed by atoms with Gasteiger partial charge in [-0.05, 0) is 32.0 Å². The van der Waals surface area contributed by atoms with Crippen LogP contribution in [-0.2, 0) is 10.5 Å². The van der Waals surface area contributed by atoms with E-state index in [0.29, 0.717) is 28.1 Å². The molecule has 0 heterocycles. The van der Waals surface area contributed by atoms with Crippen molar-refractivity contribution in [2.45, 2.75) is 24.9 Å². The number of amides is 1. The minimum atomic E-state index is -0.257. The van der Waals surface area contributed by atoms with Gasteiger partial charge in [0.05, 0.1) is 27.6 Å². The topological polar surface area (TPSA) is 38.3 Å². The molecule has 2 aromatic rings. The van der Waals surface area contributed by atoms with E-state index in [1.165, 1.54) is 11.8 Å². The maximum absolute atomic E-state index is 12.4. The Morgan fingerprint density at radius 1 is 1.17 bits per heavy atom. The van der Waals surface area contributed by atoms with Gasteiger partial charge in [-0.2, -0.15) is 0 Å². The third-order valence-electron chi connectivity index (χ3n) is 3.34. The molecular formula is C18H19Cl2NO2S. The minimum Gasteiger partial charge on any atom is -0.494 e. The van der Waals surface area contributed by atoms with Gasteiger partial charge >= 0.3 is 0 Å². The number of benzene rings is 2. The second-order valence-corrected chi connectivity index (χ2v) is 7.22. The third-order valence-corrected chi connectivity index (χ3v) is 5.16. The summed E-state index contributed by atoms with van der Waals surface area (Å²) < 4.78 is 5.61. The SMILES string of the molecule is CCOc1ccccc1CSC(C)C(=O)Nc1c(Cl)cccc1Cl. The average molecular weight is 384 g/mol. The molecule has 24 heavy (non-hydrogen) atoms. The first kappa shape index (κ1) is 19.0. The van der Waals surface area contributed by atoms with E-state index in [-0.39, 0.29) is 11.2 Å². The number of ether oxygens (including phenoxy) is 1. The first-order valence-corrected chi connectivity index (χ1v) is 9.40. The van der Waals surface area contributed by atoms with E-state index in [0.717, 1.165) is 11.3 Å². The number of anilines is 1. The number of halogens is 2. The van der Waals surface area contributed by atoms with E-state index in [4.69, 9.17) is 27.9 Å². The summed E-state index contributed by atoms with van der Waals surface area (Å²) in [5.41, 5.74) is 1.52. The summed E-state index contributed by atoms with van der Waals surface area (Å²) in [5, 5.41) is 3.39. The number of carbonyl (C=O) groups is 1. The Bertz CT molecular complexity index is 689. The van der Waals surface area contributed by atoms with Gasteiger partial charge in [0.1, 0.15) is 5.75 Å². The second kappa shape index (κ2) is 9.21. The van der Waals surface area contributed by atoms with Crippen molar-refractivity contribution in [2.24, 2.45) is 0 Å². The highest BCUT2D eigenvalue weighted by Crippen LogP contribution is 2.31. The highest BCUT2D eigenvalue weighted by Gasteiger charge is 2.17. The molecule has 0 bridgehead atoms. The Morgan fingerprint density at radius 2 is 1.83 bits per heavy atom. The highest BCUT2D eigenvalue weighted by atomic mass is 35.5. The molecule has 0 fully saturated rings. The molecule has 0 radical (unpaired) electrons. The van der Waals surface area contributed by atoms with Crippen LogP contribution in [0.25, 0.3) is 0 Å². The van der Waals surface area contributed by atoms with Crippen LogP contribution in [0, 0.1) is 0 Å². The summed E-state index contributed by atoms with van der Waals surface area (Å²) in [6.07, 6.45) is 0. The molecule has 6 heteroatoms. The molecule has 3 nitrogen and oxygen atoms in total. The molecule has 0 saturated carbocycles. The van der Waals surface area contributed by atoms with Gasteiger partial charge in [0, 0.05) is 11.3 Å². The molecule has 1 amide bonds. The Balaban J connectivity index is 1.97. The van der Waals surface area contributed by atoms with E-state index in [2.05, 4.69) is 5.32 Å². The minimum absolute atomic E-state index is 0.135. The quantitative estimate of drug-likeness (QED) is 0.670. The molecule has 1 N–H and O–H groups in total. The monoisotopic (exact) mass is 383 g/mol. The lowest BCUT2D eigenvalue weighted by molar-refractivity contribution is -0.115. The van der Waals surface area contributed by atoms with Crippen LogP contribution in [0.3, 0.4) is 0 Å². The summed E-state index contributed by atoms with van der Waals surface area (Å²) in [7, 11) is 0. The average Bonchev–Trinajstić information content (AvgIpc) is 2.57. The van der Waals surface area contributed by atoms with Gasteiger partial charge in [0.2, 0.25) is 5.91 Å². The standard InChI is InChI=1S/C18H19Cl2NO2S/c1-3-23-16-10-5-4-7-13(16)11-24-12(2)18(22)21-17-14(19)8-6-9-15(17)20/h4-10,12H,3,11H2,1-2H3,(H,21,22). The van der Waals surface area contributed by atoms with Gasteiger partial charge in [0.25, 0.3) is 0 Å². The molecule has 1 unspecified atom stereocenters. The number of para-hydroxylation sites is 2. The van der Waals surface area contributed by atoms with Crippen molar-refractivity contribution in [3.8, 4) is 5.75 Å². The predicted molar refractivity (Wildman–Crippen MR) is 103 cm³/mol. The normalized spacial score (nSPS) is 11.8. The van der Waals surface area contributed by atoms with Crippen LogP contribution in [0.5, 0.6) is 5.75 Å². The molecular weight excluding hydrogens is 365 g/mol. The lowest BCUT2D eigenvalue weighted by Crippen LogP contribution is -2.23. The van der Waals surface area contributed by atoms with Gasteiger partial charge in [-0.1, -0.05) is 47.5 Å². The molecule has 1 atom stereocenters. The molecule has 0 aliphatic rings. The predicted octanol–water partition coefficient (Wildman–Crippen LogP) is 5.65. The Labute approximate surface area is 156 Å². The summed E-state index contributed by atoms with van der Waals surface area (Å²) >= 11 is 13.7. The van der Waals surface area contributed by atoms with Gasteiger partial charge in [-0.15, -0.1) is 11.8 Å².